The molecule has 1 fully saturated rings. The molecule has 0 unspecified atom stereocenters. The fraction of sp³-hybridized carbons (Fsp3) is 0.289. The molecule has 5 rings (SSSR count). The number of hydrogen-bond acceptors (Lipinski definition) is 8. The summed E-state index contributed by atoms with van der Waals surface area (Å²) >= 11 is 0. The Morgan fingerprint density at radius 2 is 1.59 bits per heavy atom. The van der Waals surface area contributed by atoms with Crippen LogP contribution in [0.15, 0.2) is 97.1 Å². The van der Waals surface area contributed by atoms with Gasteiger partial charge in [0.25, 0.3) is 0 Å². The van der Waals surface area contributed by atoms with Crippen molar-refractivity contribution < 1.29 is 29.3 Å². The number of carbonyl (C=O) groups is 3. The molecule has 4 aromatic rings. The number of aromatic hydroxyl groups is 1. The smallest absolute Gasteiger partial charge is 0.411 e. The van der Waals surface area contributed by atoms with Gasteiger partial charge in [-0.3, -0.25) is 14.9 Å². The molecule has 0 aliphatic carbocycles. The van der Waals surface area contributed by atoms with Crippen molar-refractivity contribution >= 4 is 35.5 Å². The monoisotopic (exact) mass is 665 g/mol. The van der Waals surface area contributed by atoms with Crippen LogP contribution >= 0.6 is 0 Å². The number of nitrogens with one attached hydrogen (secondary N) is 4. The molecular formula is C38H43N5O6. The number of benzene rings is 4. The van der Waals surface area contributed by atoms with Gasteiger partial charge in [0.1, 0.15) is 11.9 Å². The highest BCUT2D eigenvalue weighted by atomic mass is 16.6. The second-order valence-electron chi connectivity index (χ2n) is 12.1. The summed E-state index contributed by atoms with van der Waals surface area (Å²) in [5.74, 6) is -0.152. The maximum atomic E-state index is 12.7. The third kappa shape index (κ3) is 10.1. The van der Waals surface area contributed by atoms with E-state index in [1.165, 1.54) is 12.1 Å². The van der Waals surface area contributed by atoms with Gasteiger partial charge in [0.05, 0.1) is 17.5 Å². The van der Waals surface area contributed by atoms with E-state index in [1.807, 2.05) is 85.8 Å². The number of aliphatic hydroxyl groups is 1. The van der Waals surface area contributed by atoms with E-state index in [-0.39, 0.29) is 36.0 Å². The summed E-state index contributed by atoms with van der Waals surface area (Å²) in [5, 5.41) is 32.0. The van der Waals surface area contributed by atoms with Crippen LogP contribution in [0.25, 0.3) is 11.1 Å². The quantitative estimate of drug-likeness (QED) is 0.0703. The van der Waals surface area contributed by atoms with Gasteiger partial charge in [-0.2, -0.15) is 0 Å². The Hall–Kier alpha value is -5.23. The Labute approximate surface area is 286 Å². The van der Waals surface area contributed by atoms with Crippen molar-refractivity contribution in [2.24, 2.45) is 0 Å². The third-order valence-corrected chi connectivity index (χ3v) is 8.64. The number of aliphatic hydroxyl groups excluding tert-OH is 1. The molecule has 3 amide bonds. The lowest BCUT2D eigenvalue weighted by atomic mass is 10.0. The molecule has 1 heterocycles. The molecule has 11 heteroatoms. The van der Waals surface area contributed by atoms with Gasteiger partial charge in [-0.05, 0) is 66.8 Å². The normalized spacial score (nSPS) is 14.7. The maximum Gasteiger partial charge on any atom is 0.411 e. The summed E-state index contributed by atoms with van der Waals surface area (Å²) in [4.78, 5) is 38.4. The molecule has 2 atom stereocenters. The molecule has 11 nitrogen and oxygen atoms in total. The summed E-state index contributed by atoms with van der Waals surface area (Å²) in [5.41, 5.74) is 5.12. The van der Waals surface area contributed by atoms with E-state index in [0.717, 1.165) is 29.8 Å². The van der Waals surface area contributed by atoms with Gasteiger partial charge in [-0.15, -0.1) is 0 Å². The number of rotatable bonds is 14. The average molecular weight is 666 g/mol. The third-order valence-electron chi connectivity index (χ3n) is 8.64. The number of phenols is 1. The molecule has 0 aromatic heterocycles. The molecule has 1 aliphatic rings. The van der Waals surface area contributed by atoms with Gasteiger partial charge in [-0.25, -0.2) is 4.79 Å². The number of nitrogens with zero attached hydrogens (tertiary/aromatic N) is 1. The summed E-state index contributed by atoms with van der Waals surface area (Å²) in [7, 11) is 0. The number of para-hydroxylation sites is 1. The lowest BCUT2D eigenvalue weighted by Gasteiger charge is -2.31. The second kappa shape index (κ2) is 17.3. The van der Waals surface area contributed by atoms with Gasteiger partial charge < -0.3 is 35.8 Å². The number of phenolic OH excluding ortho intramolecular Hbond substituents is 1. The van der Waals surface area contributed by atoms with Crippen molar-refractivity contribution in [3.8, 4) is 16.9 Å². The van der Waals surface area contributed by atoms with Crippen molar-refractivity contribution in [1.29, 1.82) is 0 Å². The first-order valence-electron chi connectivity index (χ1n) is 16.5. The molecule has 1 saturated heterocycles. The molecule has 0 saturated carbocycles. The zero-order valence-electron chi connectivity index (χ0n) is 27.5. The van der Waals surface area contributed by atoms with E-state index in [4.69, 9.17) is 4.74 Å². The van der Waals surface area contributed by atoms with E-state index in [0.29, 0.717) is 49.2 Å². The van der Waals surface area contributed by atoms with Gasteiger partial charge in [0.15, 0.2) is 0 Å². The molecule has 4 aromatic carbocycles. The van der Waals surface area contributed by atoms with Crippen LogP contribution in [0.2, 0.25) is 0 Å². The van der Waals surface area contributed by atoms with E-state index in [1.54, 1.807) is 6.07 Å². The highest BCUT2D eigenvalue weighted by Crippen LogP contribution is 2.29. The van der Waals surface area contributed by atoms with Crippen LogP contribution in [0.3, 0.4) is 0 Å². The van der Waals surface area contributed by atoms with E-state index in [2.05, 4.69) is 26.2 Å². The lowest BCUT2D eigenvalue weighted by Crippen LogP contribution is -2.39. The second-order valence-corrected chi connectivity index (χ2v) is 12.1. The SMILES string of the molecule is C[C@@H](NC[C@@H](O)c1ccc(O)c(NC=O)c1)c1ccc(NC(=O)CCN2CCC(OC(=O)Nc3ccccc3-c3ccccc3)CC2)cc1. The Kier molecular flexibility index (Phi) is 12.4. The van der Waals surface area contributed by atoms with Gasteiger partial charge >= 0.3 is 6.09 Å². The summed E-state index contributed by atoms with van der Waals surface area (Å²) in [6, 6.07) is 29.6. The first-order chi connectivity index (χ1) is 23.8. The lowest BCUT2D eigenvalue weighted by molar-refractivity contribution is -0.116. The summed E-state index contributed by atoms with van der Waals surface area (Å²) in [6.45, 7) is 4.32. The summed E-state index contributed by atoms with van der Waals surface area (Å²) < 4.78 is 5.73. The van der Waals surface area contributed by atoms with Gasteiger partial charge in [0, 0.05) is 49.9 Å². The highest BCUT2D eigenvalue weighted by Gasteiger charge is 2.23. The zero-order valence-corrected chi connectivity index (χ0v) is 27.5. The molecular weight excluding hydrogens is 622 g/mol. The van der Waals surface area contributed by atoms with Crippen LogP contribution < -0.4 is 21.3 Å². The molecule has 0 bridgehead atoms. The topological polar surface area (TPSA) is 152 Å². The Bertz CT molecular complexity index is 1690. The highest BCUT2D eigenvalue weighted by molar-refractivity contribution is 5.92. The van der Waals surface area contributed by atoms with Crippen LogP contribution in [0.1, 0.15) is 49.5 Å². The minimum absolute atomic E-state index is 0.0748. The number of hydrogen-bond donors (Lipinski definition) is 6. The molecule has 1 aliphatic heterocycles. The first-order valence-corrected chi connectivity index (χ1v) is 16.5. The predicted octanol–water partition coefficient (Wildman–Crippen LogP) is 6.05. The average Bonchev–Trinajstić information content (AvgIpc) is 3.12. The molecule has 0 spiro atoms. The minimum atomic E-state index is -0.847. The number of piperidine rings is 1. The summed E-state index contributed by atoms with van der Waals surface area (Å²) in [6.07, 6.45) is 0.726. The van der Waals surface area contributed by atoms with Crippen LogP contribution in [0.4, 0.5) is 21.9 Å². The van der Waals surface area contributed by atoms with E-state index in [9.17, 15) is 24.6 Å². The molecule has 0 radical (unpaired) electrons. The molecule has 256 valence electrons. The number of carbonyl (C=O) groups excluding carboxylic acids is 3. The van der Waals surface area contributed by atoms with Gasteiger partial charge in [-0.1, -0.05) is 66.7 Å². The Balaban J connectivity index is 0.996. The maximum absolute atomic E-state index is 12.7. The van der Waals surface area contributed by atoms with Crippen molar-refractivity contribution in [3.05, 3.63) is 108 Å². The standard InChI is InChI=1S/C38H43N5O6/c1-26(39-24-36(46)29-13-16-35(45)34(23-29)40-25-44)27-11-14-30(15-12-27)41-37(47)19-22-43-20-17-31(18-21-43)49-38(48)42-33-10-6-5-9-32(33)28-7-3-2-4-8-28/h2-16,23,25-26,31,36,39,45-46H,17-22,24H2,1H3,(H,40,44)(H,41,47)(H,42,48)/t26-,36-/m1/s1. The predicted molar refractivity (Wildman–Crippen MR) is 190 cm³/mol. The van der Waals surface area contributed by atoms with E-state index >= 15 is 0 Å². The largest absolute Gasteiger partial charge is 0.506 e. The first kappa shape index (κ1) is 35.1. The van der Waals surface area contributed by atoms with Gasteiger partial charge in [0.2, 0.25) is 12.3 Å². The van der Waals surface area contributed by atoms with Crippen molar-refractivity contribution in [3.63, 3.8) is 0 Å². The molecule has 49 heavy (non-hydrogen) atoms. The van der Waals surface area contributed by atoms with Crippen molar-refractivity contribution in [1.82, 2.24) is 10.2 Å². The fourth-order valence-corrected chi connectivity index (χ4v) is 5.81. The Morgan fingerprint density at radius 3 is 2.33 bits per heavy atom. The number of likely N-dealkylation sites (tertiary alicyclic amines) is 1. The van der Waals surface area contributed by atoms with E-state index < -0.39 is 12.2 Å². The Morgan fingerprint density at radius 1 is 0.898 bits per heavy atom. The van der Waals surface area contributed by atoms with Crippen LogP contribution in [0.5, 0.6) is 5.75 Å². The number of ether oxygens (including phenoxy) is 1. The van der Waals surface area contributed by atoms with Crippen molar-refractivity contribution in [2.75, 3.05) is 42.1 Å². The van der Waals surface area contributed by atoms with Crippen molar-refractivity contribution in [2.45, 2.75) is 44.4 Å². The number of amides is 3. The van der Waals surface area contributed by atoms with Crippen LogP contribution in [0, 0.1) is 0 Å². The fourth-order valence-electron chi connectivity index (χ4n) is 5.81. The zero-order chi connectivity index (χ0) is 34.6. The minimum Gasteiger partial charge on any atom is -0.506 e. The molecule has 6 N–H and O–H groups in total. The van der Waals surface area contributed by atoms with Crippen LogP contribution in [-0.2, 0) is 14.3 Å². The number of anilines is 3. The van der Waals surface area contributed by atoms with Crippen LogP contribution in [-0.4, -0.2) is 65.8 Å².